The molecule has 2 aliphatic rings. The van der Waals surface area contributed by atoms with Gasteiger partial charge < -0.3 is 4.90 Å². The smallest absolute Gasteiger partial charge is 0.0397 e. The van der Waals surface area contributed by atoms with Crippen molar-refractivity contribution in [2.75, 3.05) is 19.6 Å². The summed E-state index contributed by atoms with van der Waals surface area (Å²) in [7, 11) is 0. The molecule has 0 atom stereocenters. The summed E-state index contributed by atoms with van der Waals surface area (Å²) in [4.78, 5) is 7.42. The molecule has 1 saturated carbocycles. The average molecular weight is 307 g/mol. The molecular formula is C20H38N2. The Kier molecular flexibility index (Phi) is 9.89. The van der Waals surface area contributed by atoms with Crippen LogP contribution >= 0.6 is 0 Å². The van der Waals surface area contributed by atoms with E-state index in [1.165, 1.54) is 109 Å². The van der Waals surface area contributed by atoms with Gasteiger partial charge in [0.25, 0.3) is 0 Å². The van der Waals surface area contributed by atoms with Crippen LogP contribution in [0.5, 0.6) is 0 Å². The Labute approximate surface area is 138 Å². The zero-order valence-corrected chi connectivity index (χ0v) is 14.8. The maximum absolute atomic E-state index is 4.58. The third-order valence-corrected chi connectivity index (χ3v) is 5.48. The molecular weight excluding hydrogens is 268 g/mol. The molecule has 0 amide bonds. The van der Waals surface area contributed by atoms with Crippen molar-refractivity contribution in [2.24, 2.45) is 4.99 Å². The molecule has 0 aromatic rings. The number of nitrogens with zero attached hydrogens (tertiary/aromatic N) is 2. The van der Waals surface area contributed by atoms with Crippen molar-refractivity contribution in [1.29, 1.82) is 0 Å². The second-order valence-corrected chi connectivity index (χ2v) is 7.39. The summed E-state index contributed by atoms with van der Waals surface area (Å²) < 4.78 is 0. The maximum Gasteiger partial charge on any atom is 0.0397 e. The van der Waals surface area contributed by atoms with Crippen LogP contribution in [0, 0.1) is 0 Å². The summed E-state index contributed by atoms with van der Waals surface area (Å²) in [5.41, 5.74) is 0. The fourth-order valence-electron chi connectivity index (χ4n) is 4.08. The first kappa shape index (κ1) is 18.0. The monoisotopic (exact) mass is 306 g/mol. The van der Waals surface area contributed by atoms with Crippen LogP contribution in [0.25, 0.3) is 0 Å². The third kappa shape index (κ3) is 7.76. The van der Waals surface area contributed by atoms with E-state index in [1.807, 2.05) is 0 Å². The molecule has 22 heavy (non-hydrogen) atoms. The van der Waals surface area contributed by atoms with Crippen LogP contribution in [-0.4, -0.2) is 36.8 Å². The molecule has 0 unspecified atom stereocenters. The Balaban J connectivity index is 1.85. The molecule has 2 rings (SSSR count). The molecule has 1 fully saturated rings. The van der Waals surface area contributed by atoms with Crippen molar-refractivity contribution in [1.82, 2.24) is 4.90 Å². The molecule has 2 nitrogen and oxygen atoms in total. The Hall–Kier alpha value is -0.370. The van der Waals surface area contributed by atoms with Crippen molar-refractivity contribution in [3.05, 3.63) is 0 Å². The molecule has 0 saturated heterocycles. The molecule has 1 heterocycles. The second kappa shape index (κ2) is 12.1. The van der Waals surface area contributed by atoms with E-state index in [-0.39, 0.29) is 0 Å². The van der Waals surface area contributed by atoms with E-state index in [0.717, 1.165) is 12.6 Å². The molecule has 128 valence electrons. The molecule has 2 heteroatoms. The molecule has 0 bridgehead atoms. The van der Waals surface area contributed by atoms with Crippen molar-refractivity contribution in [3.63, 3.8) is 0 Å². The summed E-state index contributed by atoms with van der Waals surface area (Å²) in [6.07, 6.45) is 23.4. The summed E-state index contributed by atoms with van der Waals surface area (Å²) in [5, 5.41) is 0. The lowest BCUT2D eigenvalue weighted by Crippen LogP contribution is -2.37. The topological polar surface area (TPSA) is 15.6 Å². The summed E-state index contributed by atoms with van der Waals surface area (Å²) >= 11 is 0. The summed E-state index contributed by atoms with van der Waals surface area (Å²) in [6, 6.07) is 0.864. The minimum Gasteiger partial charge on any atom is -0.300 e. The van der Waals surface area contributed by atoms with E-state index in [1.54, 1.807) is 0 Å². The van der Waals surface area contributed by atoms with Gasteiger partial charge in [-0.1, -0.05) is 57.8 Å². The normalized spacial score (nSPS) is 27.5. The Morgan fingerprint density at radius 2 is 1.23 bits per heavy atom. The second-order valence-electron chi connectivity index (χ2n) is 7.39. The lowest BCUT2D eigenvalue weighted by atomic mass is 10.00. The van der Waals surface area contributed by atoms with Gasteiger partial charge in [-0.15, -0.1) is 0 Å². The third-order valence-electron chi connectivity index (χ3n) is 5.48. The van der Waals surface area contributed by atoms with Gasteiger partial charge in [0.2, 0.25) is 0 Å². The van der Waals surface area contributed by atoms with Gasteiger partial charge in [-0.2, -0.15) is 0 Å². The van der Waals surface area contributed by atoms with Crippen molar-refractivity contribution in [2.45, 2.75) is 102 Å². The van der Waals surface area contributed by atoms with Gasteiger partial charge in [-0.25, -0.2) is 0 Å². The van der Waals surface area contributed by atoms with E-state index in [9.17, 15) is 0 Å². The van der Waals surface area contributed by atoms with Crippen LogP contribution in [0.2, 0.25) is 0 Å². The number of hydrogen-bond donors (Lipinski definition) is 0. The van der Waals surface area contributed by atoms with E-state index in [0.29, 0.717) is 0 Å². The highest BCUT2D eigenvalue weighted by molar-refractivity contribution is 5.56. The molecule has 0 aromatic carbocycles. The van der Waals surface area contributed by atoms with Crippen LogP contribution < -0.4 is 0 Å². The van der Waals surface area contributed by atoms with Crippen LogP contribution in [0.4, 0.5) is 0 Å². The quantitative estimate of drug-likeness (QED) is 0.615. The molecule has 0 N–H and O–H groups in total. The van der Waals surface area contributed by atoms with Gasteiger partial charge >= 0.3 is 0 Å². The van der Waals surface area contributed by atoms with Crippen LogP contribution in [0.3, 0.4) is 0 Å². The first-order valence-corrected chi connectivity index (χ1v) is 10.2. The van der Waals surface area contributed by atoms with Crippen LogP contribution in [0.1, 0.15) is 96.3 Å². The van der Waals surface area contributed by atoms with Gasteiger partial charge in [0.05, 0.1) is 0 Å². The van der Waals surface area contributed by atoms with Gasteiger partial charge in [-0.3, -0.25) is 4.99 Å². The zero-order valence-electron chi connectivity index (χ0n) is 14.8. The van der Waals surface area contributed by atoms with E-state index in [2.05, 4.69) is 16.1 Å². The Bertz CT molecular complexity index is 275. The predicted molar refractivity (Wildman–Crippen MR) is 98.0 cm³/mol. The van der Waals surface area contributed by atoms with E-state index < -0.39 is 0 Å². The van der Waals surface area contributed by atoms with Crippen molar-refractivity contribution in [3.8, 4) is 0 Å². The largest absolute Gasteiger partial charge is 0.300 e. The highest BCUT2D eigenvalue weighted by Crippen LogP contribution is 2.21. The minimum absolute atomic E-state index is 0.864. The highest BCUT2D eigenvalue weighted by Gasteiger charge is 2.18. The SMILES string of the molecule is C1=N\CCCN(C2CCCCCCCCCC2)CCCCC/1. The summed E-state index contributed by atoms with van der Waals surface area (Å²) in [6.45, 7) is 3.66. The Morgan fingerprint density at radius 3 is 1.95 bits per heavy atom. The molecule has 1 aliphatic heterocycles. The van der Waals surface area contributed by atoms with Gasteiger partial charge in [-0.05, 0) is 51.3 Å². The lowest BCUT2D eigenvalue weighted by molar-refractivity contribution is 0.167. The lowest BCUT2D eigenvalue weighted by Gasteiger charge is -2.32. The number of rotatable bonds is 1. The fraction of sp³-hybridized carbons (Fsp3) is 0.950. The average Bonchev–Trinajstić information content (AvgIpc) is 2.64. The molecule has 0 aromatic heterocycles. The standard InChI is InChI=1S/C20H38N2/c1-2-4-6-10-15-20(14-9-5-3-1)22-18-12-8-7-11-16-21-17-13-19-22/h16,20H,1-15,17-19H2/b21-16-. The van der Waals surface area contributed by atoms with E-state index in [4.69, 9.17) is 0 Å². The number of hydrogen-bond acceptors (Lipinski definition) is 2. The zero-order chi connectivity index (χ0) is 15.3. The highest BCUT2D eigenvalue weighted by atomic mass is 15.1. The molecule has 1 aliphatic carbocycles. The van der Waals surface area contributed by atoms with E-state index >= 15 is 0 Å². The van der Waals surface area contributed by atoms with Crippen LogP contribution in [-0.2, 0) is 0 Å². The molecule has 0 spiro atoms. The fourth-order valence-corrected chi connectivity index (χ4v) is 4.08. The maximum atomic E-state index is 4.58. The number of aliphatic imine (C=N–C) groups is 1. The van der Waals surface area contributed by atoms with Crippen LogP contribution in [0.15, 0.2) is 4.99 Å². The summed E-state index contributed by atoms with van der Waals surface area (Å²) in [5.74, 6) is 0. The van der Waals surface area contributed by atoms with Gasteiger partial charge in [0, 0.05) is 19.1 Å². The van der Waals surface area contributed by atoms with Crippen molar-refractivity contribution >= 4 is 6.21 Å². The minimum atomic E-state index is 0.864. The predicted octanol–water partition coefficient (Wildman–Crippen LogP) is 5.61. The first-order valence-electron chi connectivity index (χ1n) is 10.2. The van der Waals surface area contributed by atoms with Gasteiger partial charge in [0.15, 0.2) is 0 Å². The molecule has 0 radical (unpaired) electrons. The van der Waals surface area contributed by atoms with Gasteiger partial charge in [0.1, 0.15) is 0 Å². The van der Waals surface area contributed by atoms with Crippen molar-refractivity contribution < 1.29 is 0 Å². The Morgan fingerprint density at radius 1 is 0.636 bits per heavy atom. The first-order chi connectivity index (χ1) is 11.0.